The van der Waals surface area contributed by atoms with Crippen molar-refractivity contribution in [2.24, 2.45) is 4.99 Å². The fourth-order valence-electron chi connectivity index (χ4n) is 3.32. The van der Waals surface area contributed by atoms with E-state index in [-0.39, 0.29) is 11.9 Å². The predicted molar refractivity (Wildman–Crippen MR) is 101 cm³/mol. The van der Waals surface area contributed by atoms with Crippen LogP contribution in [-0.2, 0) is 14.3 Å². The van der Waals surface area contributed by atoms with Crippen LogP contribution in [0.3, 0.4) is 0 Å². The van der Waals surface area contributed by atoms with Crippen molar-refractivity contribution in [1.82, 2.24) is 4.98 Å². The van der Waals surface area contributed by atoms with E-state index in [0.717, 1.165) is 33.8 Å². The fourth-order valence-corrected chi connectivity index (χ4v) is 3.32. The van der Waals surface area contributed by atoms with Gasteiger partial charge < -0.3 is 14.5 Å². The maximum absolute atomic E-state index is 12.2. The first-order chi connectivity index (χ1) is 12.2. The smallest absolute Gasteiger partial charge is 0.340 e. The van der Waals surface area contributed by atoms with Crippen molar-refractivity contribution in [3.05, 3.63) is 39.4 Å². The van der Waals surface area contributed by atoms with Gasteiger partial charge in [-0.05, 0) is 65.2 Å². The number of nitrogens with zero attached hydrogens (tertiary/aromatic N) is 1. The zero-order valence-corrected chi connectivity index (χ0v) is 16.5. The van der Waals surface area contributed by atoms with E-state index in [1.807, 2.05) is 27.7 Å². The summed E-state index contributed by atoms with van der Waals surface area (Å²) in [5.41, 5.74) is 6.47. The summed E-state index contributed by atoms with van der Waals surface area (Å²) in [6.45, 7) is 13.5. The molecule has 1 aromatic rings. The number of hydrogen-bond acceptors (Lipinski definition) is 5. The lowest BCUT2D eigenvalue weighted by Gasteiger charge is -2.07. The Morgan fingerprint density at radius 3 is 2.15 bits per heavy atom. The summed E-state index contributed by atoms with van der Waals surface area (Å²) in [4.78, 5) is 32.3. The minimum Gasteiger partial charge on any atom is -0.462 e. The SMILES string of the molecule is CCOC(=O)C1=C(C)/C(=C(\C)c2[nH]c(C)c(C(=O)OCC)c2C)N=C1C. The molecular weight excluding hydrogens is 332 g/mol. The van der Waals surface area contributed by atoms with E-state index in [0.29, 0.717) is 30.1 Å². The first-order valence-electron chi connectivity index (χ1n) is 8.76. The van der Waals surface area contributed by atoms with Crippen LogP contribution in [0.4, 0.5) is 0 Å². The molecule has 1 N–H and O–H groups in total. The maximum atomic E-state index is 12.2. The van der Waals surface area contributed by atoms with Crippen LogP contribution in [0, 0.1) is 13.8 Å². The Morgan fingerprint density at radius 1 is 1.00 bits per heavy atom. The van der Waals surface area contributed by atoms with Crippen LogP contribution in [0.15, 0.2) is 21.8 Å². The summed E-state index contributed by atoms with van der Waals surface area (Å²) in [5, 5.41) is 0. The number of esters is 2. The van der Waals surface area contributed by atoms with Crippen molar-refractivity contribution in [3.8, 4) is 0 Å². The molecule has 2 heterocycles. The Bertz CT molecular complexity index is 853. The second kappa shape index (κ2) is 7.72. The van der Waals surface area contributed by atoms with Crippen LogP contribution >= 0.6 is 0 Å². The molecule has 6 heteroatoms. The molecule has 6 nitrogen and oxygen atoms in total. The normalized spacial score (nSPS) is 15.9. The number of hydrogen-bond donors (Lipinski definition) is 1. The third-order valence-electron chi connectivity index (χ3n) is 4.50. The van der Waals surface area contributed by atoms with E-state index in [1.54, 1.807) is 20.8 Å². The van der Waals surface area contributed by atoms with Crippen molar-refractivity contribution in [1.29, 1.82) is 0 Å². The summed E-state index contributed by atoms with van der Waals surface area (Å²) < 4.78 is 10.3. The number of carbonyl (C=O) groups is 2. The minimum atomic E-state index is -0.361. The average Bonchev–Trinajstić information content (AvgIpc) is 3.03. The number of aryl methyl sites for hydroxylation is 1. The Balaban J connectivity index is 2.55. The predicted octanol–water partition coefficient (Wildman–Crippen LogP) is 3.89. The molecule has 0 unspecified atom stereocenters. The molecule has 140 valence electrons. The molecule has 1 aromatic heterocycles. The van der Waals surface area contributed by atoms with Crippen LogP contribution in [0.5, 0.6) is 0 Å². The lowest BCUT2D eigenvalue weighted by atomic mass is 10.0. The van der Waals surface area contributed by atoms with Gasteiger partial charge in [0.2, 0.25) is 0 Å². The highest BCUT2D eigenvalue weighted by Crippen LogP contribution is 2.34. The number of rotatable bonds is 5. The Morgan fingerprint density at radius 2 is 1.58 bits per heavy atom. The van der Waals surface area contributed by atoms with Crippen LogP contribution < -0.4 is 0 Å². The summed E-state index contributed by atoms with van der Waals surface area (Å²) in [7, 11) is 0. The number of ether oxygens (including phenoxy) is 2. The fraction of sp³-hybridized carbons (Fsp3) is 0.450. The Kier molecular flexibility index (Phi) is 5.85. The van der Waals surface area contributed by atoms with E-state index in [1.165, 1.54) is 0 Å². The molecule has 0 aliphatic carbocycles. The lowest BCUT2D eigenvalue weighted by molar-refractivity contribution is -0.137. The van der Waals surface area contributed by atoms with Gasteiger partial charge in [-0.1, -0.05) is 0 Å². The quantitative estimate of drug-likeness (QED) is 0.810. The van der Waals surface area contributed by atoms with Crippen molar-refractivity contribution < 1.29 is 19.1 Å². The van der Waals surface area contributed by atoms with E-state index >= 15 is 0 Å². The molecule has 0 spiro atoms. The highest BCUT2D eigenvalue weighted by Gasteiger charge is 2.28. The van der Waals surface area contributed by atoms with Gasteiger partial charge in [0.1, 0.15) is 0 Å². The van der Waals surface area contributed by atoms with E-state index in [9.17, 15) is 9.59 Å². The van der Waals surface area contributed by atoms with Gasteiger partial charge in [0, 0.05) is 11.4 Å². The van der Waals surface area contributed by atoms with Gasteiger partial charge in [0.15, 0.2) is 0 Å². The zero-order chi connectivity index (χ0) is 19.6. The Labute approximate surface area is 154 Å². The molecule has 0 saturated carbocycles. The highest BCUT2D eigenvalue weighted by molar-refractivity contribution is 6.22. The number of carbonyl (C=O) groups excluding carboxylic acids is 2. The molecule has 0 amide bonds. The van der Waals surface area contributed by atoms with E-state index < -0.39 is 0 Å². The van der Waals surface area contributed by atoms with Gasteiger partial charge in [0.25, 0.3) is 0 Å². The van der Waals surface area contributed by atoms with Gasteiger partial charge in [-0.2, -0.15) is 0 Å². The first-order valence-corrected chi connectivity index (χ1v) is 8.76. The summed E-state index contributed by atoms with van der Waals surface area (Å²) in [5.74, 6) is -0.700. The van der Waals surface area contributed by atoms with Crippen molar-refractivity contribution in [2.75, 3.05) is 13.2 Å². The molecule has 2 rings (SSSR count). The number of aromatic amines is 1. The molecule has 26 heavy (non-hydrogen) atoms. The zero-order valence-electron chi connectivity index (χ0n) is 16.5. The van der Waals surface area contributed by atoms with Gasteiger partial charge in [0.05, 0.1) is 35.8 Å². The van der Waals surface area contributed by atoms with Crippen LogP contribution in [0.2, 0.25) is 0 Å². The number of nitrogens with one attached hydrogen (secondary N) is 1. The largest absolute Gasteiger partial charge is 0.462 e. The Hall–Kier alpha value is -2.63. The van der Waals surface area contributed by atoms with E-state index in [4.69, 9.17) is 9.47 Å². The molecule has 1 aliphatic rings. The molecule has 0 bridgehead atoms. The molecule has 1 aliphatic heterocycles. The van der Waals surface area contributed by atoms with Gasteiger partial charge in [-0.25, -0.2) is 9.59 Å². The monoisotopic (exact) mass is 358 g/mol. The van der Waals surface area contributed by atoms with Gasteiger partial charge in [-0.3, -0.25) is 4.99 Å². The van der Waals surface area contributed by atoms with Crippen LogP contribution in [-0.4, -0.2) is 35.8 Å². The number of aliphatic imine (C=N–C) groups is 1. The molecule has 0 radical (unpaired) electrons. The highest BCUT2D eigenvalue weighted by atomic mass is 16.5. The lowest BCUT2D eigenvalue weighted by Crippen LogP contribution is -2.12. The van der Waals surface area contributed by atoms with Crippen molar-refractivity contribution in [3.63, 3.8) is 0 Å². The summed E-state index contributed by atoms with van der Waals surface area (Å²) in [6.07, 6.45) is 0. The molecule has 0 atom stereocenters. The second-order valence-corrected chi connectivity index (χ2v) is 6.24. The molecular formula is C20H26N2O4. The molecule has 0 saturated heterocycles. The number of H-pyrrole nitrogens is 1. The molecule has 0 fully saturated rings. The summed E-state index contributed by atoms with van der Waals surface area (Å²) >= 11 is 0. The van der Waals surface area contributed by atoms with Crippen LogP contribution in [0.1, 0.15) is 61.9 Å². The number of allylic oxidation sites excluding steroid dienone is 2. The standard InChI is InChI=1S/C20H26N2O4/c1-8-25-19(23)15-10(3)17(21-13(15)6)12(5)18-11(4)16(14(7)22-18)20(24)26-9-2/h21H,8-9H2,1-7H3/b18-12-. The third kappa shape index (κ3) is 3.36. The van der Waals surface area contributed by atoms with Crippen molar-refractivity contribution in [2.45, 2.75) is 48.5 Å². The van der Waals surface area contributed by atoms with Crippen molar-refractivity contribution >= 4 is 23.2 Å². The second-order valence-electron chi connectivity index (χ2n) is 6.24. The molecule has 0 aromatic carbocycles. The first kappa shape index (κ1) is 19.7. The number of aromatic nitrogens is 1. The maximum Gasteiger partial charge on any atom is 0.340 e. The van der Waals surface area contributed by atoms with E-state index in [2.05, 4.69) is 9.98 Å². The topological polar surface area (TPSA) is 80.8 Å². The van der Waals surface area contributed by atoms with Gasteiger partial charge >= 0.3 is 11.9 Å². The minimum absolute atomic E-state index is 0.318. The average molecular weight is 358 g/mol. The van der Waals surface area contributed by atoms with Gasteiger partial charge in [-0.15, -0.1) is 0 Å². The summed E-state index contributed by atoms with van der Waals surface area (Å²) in [6, 6.07) is 0. The van der Waals surface area contributed by atoms with Crippen LogP contribution in [0.25, 0.3) is 5.57 Å². The third-order valence-corrected chi connectivity index (χ3v) is 4.50.